The molecule has 2 aromatic carbocycles. The summed E-state index contributed by atoms with van der Waals surface area (Å²) in [6.45, 7) is 5.78. The van der Waals surface area contributed by atoms with E-state index in [9.17, 15) is 14.7 Å². The SMILES string of the molecule is C=CCC[C@@H](C(=O)NC1N=C(c2ccccc2)c2ccccc2N(C)C1=O)[C@@H](O)CCCC. The molecule has 2 amide bonds. The highest BCUT2D eigenvalue weighted by Gasteiger charge is 2.34. The number of likely N-dealkylation sites (N-methyl/N-ethyl adjacent to an activating group) is 1. The monoisotopic (exact) mass is 447 g/mol. The molecule has 0 saturated heterocycles. The molecular weight excluding hydrogens is 414 g/mol. The highest BCUT2D eigenvalue weighted by Crippen LogP contribution is 2.27. The number of unbranched alkanes of at least 4 members (excludes halogenated alkanes) is 1. The second-order valence-corrected chi connectivity index (χ2v) is 8.35. The molecule has 1 aliphatic rings. The number of benzene rings is 2. The van der Waals surface area contributed by atoms with E-state index in [4.69, 9.17) is 4.99 Å². The summed E-state index contributed by atoms with van der Waals surface area (Å²) in [7, 11) is 1.69. The lowest BCUT2D eigenvalue weighted by molar-refractivity contribution is -0.132. The number of para-hydroxylation sites is 1. The fourth-order valence-electron chi connectivity index (χ4n) is 4.09. The van der Waals surface area contributed by atoms with E-state index in [-0.39, 0.29) is 11.8 Å². The quantitative estimate of drug-likeness (QED) is 0.539. The van der Waals surface area contributed by atoms with E-state index in [1.54, 1.807) is 13.1 Å². The summed E-state index contributed by atoms with van der Waals surface area (Å²) in [6.07, 6.45) is 3.23. The fourth-order valence-corrected chi connectivity index (χ4v) is 4.09. The second kappa shape index (κ2) is 11.6. The molecule has 0 aliphatic carbocycles. The highest BCUT2D eigenvalue weighted by atomic mass is 16.3. The van der Waals surface area contributed by atoms with Gasteiger partial charge in [-0.3, -0.25) is 9.59 Å². The molecule has 0 bridgehead atoms. The number of hydrogen-bond donors (Lipinski definition) is 2. The number of nitrogens with one attached hydrogen (secondary N) is 1. The molecule has 2 aromatic rings. The molecule has 174 valence electrons. The van der Waals surface area contributed by atoms with Crippen molar-refractivity contribution < 1.29 is 14.7 Å². The van der Waals surface area contributed by atoms with Gasteiger partial charge in [0.2, 0.25) is 12.1 Å². The van der Waals surface area contributed by atoms with Crippen molar-refractivity contribution in [3.05, 3.63) is 78.4 Å². The van der Waals surface area contributed by atoms with Crippen molar-refractivity contribution >= 4 is 23.2 Å². The van der Waals surface area contributed by atoms with Crippen LogP contribution in [0, 0.1) is 5.92 Å². The number of nitrogens with zero attached hydrogens (tertiary/aromatic N) is 2. The Bertz CT molecular complexity index is 1000. The van der Waals surface area contributed by atoms with Crippen molar-refractivity contribution in [2.45, 2.75) is 51.3 Å². The Morgan fingerprint density at radius 3 is 2.58 bits per heavy atom. The Kier molecular flexibility index (Phi) is 8.55. The zero-order valence-electron chi connectivity index (χ0n) is 19.4. The van der Waals surface area contributed by atoms with Gasteiger partial charge in [0.05, 0.1) is 23.4 Å². The minimum absolute atomic E-state index is 0.327. The van der Waals surface area contributed by atoms with Gasteiger partial charge in [0.15, 0.2) is 0 Å². The number of aliphatic hydroxyl groups excluding tert-OH is 1. The first-order valence-electron chi connectivity index (χ1n) is 11.6. The lowest BCUT2D eigenvalue weighted by Crippen LogP contribution is -2.49. The Morgan fingerprint density at radius 1 is 1.18 bits per heavy atom. The van der Waals surface area contributed by atoms with Crippen LogP contribution in [0.4, 0.5) is 5.69 Å². The van der Waals surface area contributed by atoms with E-state index in [0.29, 0.717) is 25.0 Å². The maximum atomic E-state index is 13.3. The van der Waals surface area contributed by atoms with Crippen LogP contribution in [-0.2, 0) is 9.59 Å². The molecule has 1 aliphatic heterocycles. The lowest BCUT2D eigenvalue weighted by atomic mass is 9.92. The largest absolute Gasteiger partial charge is 0.392 e. The van der Waals surface area contributed by atoms with Gasteiger partial charge in [0.1, 0.15) is 0 Å². The van der Waals surface area contributed by atoms with E-state index in [0.717, 1.165) is 29.7 Å². The zero-order valence-corrected chi connectivity index (χ0v) is 19.4. The molecule has 0 fully saturated rings. The van der Waals surface area contributed by atoms with Gasteiger partial charge in [0, 0.05) is 18.2 Å². The van der Waals surface area contributed by atoms with E-state index in [1.165, 1.54) is 4.90 Å². The third kappa shape index (κ3) is 5.76. The number of benzodiazepines with no additional fused rings is 1. The number of fused-ring (bicyclic) bond motifs is 1. The summed E-state index contributed by atoms with van der Waals surface area (Å²) in [5.74, 6) is -1.32. The van der Waals surface area contributed by atoms with Crippen molar-refractivity contribution in [3.63, 3.8) is 0 Å². The Labute approximate surface area is 196 Å². The average molecular weight is 448 g/mol. The molecule has 2 N–H and O–H groups in total. The number of hydrogen-bond acceptors (Lipinski definition) is 4. The molecule has 3 rings (SSSR count). The Morgan fingerprint density at radius 2 is 1.88 bits per heavy atom. The molecule has 3 atom stereocenters. The van der Waals surface area contributed by atoms with E-state index in [2.05, 4.69) is 11.9 Å². The molecule has 0 saturated carbocycles. The molecule has 1 heterocycles. The van der Waals surface area contributed by atoms with Crippen LogP contribution in [0.25, 0.3) is 0 Å². The van der Waals surface area contributed by atoms with Crippen LogP contribution in [0.2, 0.25) is 0 Å². The van der Waals surface area contributed by atoms with Crippen LogP contribution in [0.5, 0.6) is 0 Å². The normalized spacial score (nSPS) is 17.4. The van der Waals surface area contributed by atoms with Gasteiger partial charge in [-0.15, -0.1) is 6.58 Å². The van der Waals surface area contributed by atoms with Gasteiger partial charge < -0.3 is 15.3 Å². The lowest BCUT2D eigenvalue weighted by Gasteiger charge is -2.25. The van der Waals surface area contributed by atoms with E-state index in [1.807, 2.05) is 61.5 Å². The third-order valence-corrected chi connectivity index (χ3v) is 6.01. The van der Waals surface area contributed by atoms with Gasteiger partial charge in [-0.1, -0.05) is 74.4 Å². The minimum Gasteiger partial charge on any atom is -0.392 e. The maximum Gasteiger partial charge on any atom is 0.272 e. The van der Waals surface area contributed by atoms with Crippen LogP contribution in [0.1, 0.15) is 50.2 Å². The van der Waals surface area contributed by atoms with E-state index < -0.39 is 18.2 Å². The Balaban J connectivity index is 1.96. The molecule has 0 radical (unpaired) electrons. The van der Waals surface area contributed by atoms with Crippen molar-refractivity contribution in [2.75, 3.05) is 11.9 Å². The fraction of sp³-hybridized carbons (Fsp3) is 0.370. The first kappa shape index (κ1) is 24.4. The number of aliphatic hydroxyl groups is 1. The molecule has 1 unspecified atom stereocenters. The number of rotatable bonds is 10. The van der Waals surface area contributed by atoms with Crippen LogP contribution in [0.3, 0.4) is 0 Å². The maximum absolute atomic E-state index is 13.3. The molecule has 0 spiro atoms. The number of carbonyl (C=O) groups excluding carboxylic acids is 2. The first-order chi connectivity index (χ1) is 16.0. The summed E-state index contributed by atoms with van der Waals surface area (Å²) in [4.78, 5) is 32.8. The number of aliphatic imine (C=N–C) groups is 1. The first-order valence-corrected chi connectivity index (χ1v) is 11.6. The molecule has 6 heteroatoms. The Hall–Kier alpha value is -3.25. The van der Waals surface area contributed by atoms with Gasteiger partial charge >= 0.3 is 0 Å². The number of amides is 2. The van der Waals surface area contributed by atoms with Crippen LogP contribution in [0.15, 0.2) is 72.2 Å². The third-order valence-electron chi connectivity index (χ3n) is 6.01. The van der Waals surface area contributed by atoms with Crippen molar-refractivity contribution in [1.82, 2.24) is 5.32 Å². The molecule has 33 heavy (non-hydrogen) atoms. The van der Waals surface area contributed by atoms with Crippen molar-refractivity contribution in [2.24, 2.45) is 10.9 Å². The molecule has 6 nitrogen and oxygen atoms in total. The summed E-state index contributed by atoms with van der Waals surface area (Å²) < 4.78 is 0. The second-order valence-electron chi connectivity index (χ2n) is 8.35. The predicted molar refractivity (Wildman–Crippen MR) is 132 cm³/mol. The number of anilines is 1. The van der Waals surface area contributed by atoms with Crippen LogP contribution in [-0.4, -0.2) is 41.9 Å². The summed E-state index contributed by atoms with van der Waals surface area (Å²) in [5, 5.41) is 13.5. The minimum atomic E-state index is -1.09. The summed E-state index contributed by atoms with van der Waals surface area (Å²) >= 11 is 0. The highest BCUT2D eigenvalue weighted by molar-refractivity contribution is 6.20. The van der Waals surface area contributed by atoms with Crippen LogP contribution < -0.4 is 10.2 Å². The van der Waals surface area contributed by atoms with Gasteiger partial charge in [-0.05, 0) is 25.3 Å². The summed E-state index contributed by atoms with van der Waals surface area (Å²) in [6, 6.07) is 17.2. The zero-order chi connectivity index (χ0) is 23.8. The average Bonchev–Trinajstić information content (AvgIpc) is 2.94. The van der Waals surface area contributed by atoms with E-state index >= 15 is 0 Å². The predicted octanol–water partition coefficient (Wildman–Crippen LogP) is 4.08. The topological polar surface area (TPSA) is 82.0 Å². The van der Waals surface area contributed by atoms with Gasteiger partial charge in [-0.25, -0.2) is 4.99 Å². The molecule has 0 aromatic heterocycles. The number of allylic oxidation sites excluding steroid dienone is 1. The van der Waals surface area contributed by atoms with Gasteiger partial charge in [0.25, 0.3) is 5.91 Å². The van der Waals surface area contributed by atoms with Gasteiger partial charge in [-0.2, -0.15) is 0 Å². The molecular formula is C27H33N3O3. The smallest absolute Gasteiger partial charge is 0.272 e. The summed E-state index contributed by atoms with van der Waals surface area (Å²) in [5.41, 5.74) is 3.05. The standard InChI is InChI=1S/C27H33N3O3/c1-4-6-15-21(23(31)18-7-5-2)26(32)29-25-27(33)30(3)22-17-12-11-16-20(22)24(28-25)19-13-9-8-10-14-19/h4,8-14,16-17,21,23,25,31H,1,5-7,15,18H2,2-3H3,(H,29,32)/t21-,23+,25?/m1/s1. The number of carbonyl (C=O) groups is 2. The van der Waals surface area contributed by atoms with Crippen molar-refractivity contribution in [3.8, 4) is 0 Å². The van der Waals surface area contributed by atoms with Crippen LogP contribution >= 0.6 is 0 Å². The van der Waals surface area contributed by atoms with Crippen molar-refractivity contribution in [1.29, 1.82) is 0 Å².